The molecule has 4 rings (SSSR count). The Kier molecular flexibility index (Phi) is 8.91. The van der Waals surface area contributed by atoms with Crippen LogP contribution in [0.1, 0.15) is 79.9 Å². The van der Waals surface area contributed by atoms with Crippen molar-refractivity contribution in [3.05, 3.63) is 41.7 Å². The number of amides is 2. The number of carbonyl (C=O) groups excluding carboxylic acids is 2. The van der Waals surface area contributed by atoms with Gasteiger partial charge in [-0.15, -0.1) is 0 Å². The molecule has 2 aliphatic rings. The minimum absolute atomic E-state index is 0.113. The molecule has 2 aromatic rings. The van der Waals surface area contributed by atoms with E-state index in [1.807, 2.05) is 42.2 Å². The fourth-order valence-electron chi connectivity index (χ4n) is 5.39. The Morgan fingerprint density at radius 1 is 1.06 bits per heavy atom. The van der Waals surface area contributed by atoms with E-state index >= 15 is 0 Å². The van der Waals surface area contributed by atoms with Crippen molar-refractivity contribution in [2.75, 3.05) is 45.2 Å². The van der Waals surface area contributed by atoms with Crippen molar-refractivity contribution in [3.63, 3.8) is 0 Å². The van der Waals surface area contributed by atoms with Crippen LogP contribution in [-0.4, -0.2) is 71.9 Å². The number of likely N-dealkylation sites (tertiary alicyclic amines) is 2. The van der Waals surface area contributed by atoms with Crippen LogP contribution in [0.2, 0.25) is 0 Å². The molecule has 0 saturated carbocycles. The Morgan fingerprint density at radius 3 is 2.53 bits per heavy atom. The number of aromatic nitrogens is 2. The lowest BCUT2D eigenvalue weighted by Crippen LogP contribution is -2.39. The van der Waals surface area contributed by atoms with Gasteiger partial charge in [-0.05, 0) is 75.9 Å². The van der Waals surface area contributed by atoms with Gasteiger partial charge < -0.3 is 20.4 Å². The van der Waals surface area contributed by atoms with E-state index in [0.717, 1.165) is 68.7 Å². The summed E-state index contributed by atoms with van der Waals surface area (Å²) >= 11 is 0. The van der Waals surface area contributed by atoms with Gasteiger partial charge >= 0.3 is 0 Å². The first-order valence-electron chi connectivity index (χ1n) is 13.4. The second-order valence-electron chi connectivity index (χ2n) is 10.3. The number of benzene rings is 1. The minimum Gasteiger partial charge on any atom is -0.366 e. The van der Waals surface area contributed by atoms with Crippen LogP contribution < -0.4 is 10.6 Å². The van der Waals surface area contributed by atoms with Gasteiger partial charge in [0.2, 0.25) is 17.8 Å². The molecule has 2 saturated heterocycles. The topological polar surface area (TPSA) is 95.7 Å². The molecule has 2 aliphatic heterocycles. The predicted molar refractivity (Wildman–Crippen MR) is 143 cm³/mol. The lowest BCUT2D eigenvalue weighted by molar-refractivity contribution is -0.135. The van der Waals surface area contributed by atoms with Crippen LogP contribution in [0.25, 0.3) is 11.1 Å². The van der Waals surface area contributed by atoms with Crippen LogP contribution in [0.4, 0.5) is 5.95 Å². The zero-order valence-electron chi connectivity index (χ0n) is 21.8. The molecule has 1 atom stereocenters. The van der Waals surface area contributed by atoms with Gasteiger partial charge in [0.05, 0.1) is 11.7 Å². The van der Waals surface area contributed by atoms with E-state index in [9.17, 15) is 9.59 Å². The number of carbonyl (C=O) groups is 2. The maximum absolute atomic E-state index is 13.5. The molecule has 0 unspecified atom stereocenters. The van der Waals surface area contributed by atoms with Crippen LogP contribution >= 0.6 is 0 Å². The summed E-state index contributed by atoms with van der Waals surface area (Å²) in [6, 6.07) is 7.15. The van der Waals surface area contributed by atoms with Crippen LogP contribution in [0.3, 0.4) is 0 Å². The molecule has 0 radical (unpaired) electrons. The fraction of sp³-hybridized carbons (Fsp3) is 0.571. The second kappa shape index (κ2) is 12.3. The number of rotatable bonds is 8. The summed E-state index contributed by atoms with van der Waals surface area (Å²) in [6.07, 6.45) is 11.4. The smallest absolute Gasteiger partial charge is 0.248 e. The zero-order valence-corrected chi connectivity index (χ0v) is 21.8. The molecule has 3 heterocycles. The van der Waals surface area contributed by atoms with Gasteiger partial charge in [0.1, 0.15) is 0 Å². The molecule has 2 amide bonds. The summed E-state index contributed by atoms with van der Waals surface area (Å²) in [5, 5.41) is 0. The summed E-state index contributed by atoms with van der Waals surface area (Å²) in [5.41, 5.74) is 8.52. The molecule has 8 nitrogen and oxygen atoms in total. The highest BCUT2D eigenvalue weighted by Crippen LogP contribution is 2.37. The molecule has 0 bridgehead atoms. The molecular weight excluding hydrogens is 452 g/mol. The first-order chi connectivity index (χ1) is 17.4. The first kappa shape index (κ1) is 26.1. The number of hydrogen-bond donors (Lipinski definition) is 1. The van der Waals surface area contributed by atoms with E-state index in [2.05, 4.69) is 9.88 Å². The van der Waals surface area contributed by atoms with Gasteiger partial charge in [-0.3, -0.25) is 9.59 Å². The molecule has 2 N–H and O–H groups in total. The van der Waals surface area contributed by atoms with Crippen LogP contribution in [-0.2, 0) is 4.79 Å². The standard InChI is InChI=1S/C28H40N6O2/c1-32(2)28-30-20-23(21-11-9-12-22(19-21)27(29)36)26(31-28)24-13-5-8-18-34(24)25(35)14-10-17-33-15-6-3-4-7-16-33/h9,11-12,19-20,24H,3-8,10,13-18H2,1-2H3,(H2,29,36)/t24-/m0/s1. The van der Waals surface area contributed by atoms with Crippen molar-refractivity contribution in [1.82, 2.24) is 19.8 Å². The summed E-state index contributed by atoms with van der Waals surface area (Å²) in [7, 11) is 3.83. The third-order valence-corrected chi connectivity index (χ3v) is 7.37. The van der Waals surface area contributed by atoms with E-state index in [1.54, 1.807) is 12.1 Å². The van der Waals surface area contributed by atoms with Gasteiger partial charge in [-0.1, -0.05) is 25.0 Å². The molecule has 1 aromatic heterocycles. The van der Waals surface area contributed by atoms with Crippen LogP contribution in [0.5, 0.6) is 0 Å². The van der Waals surface area contributed by atoms with E-state index in [4.69, 9.17) is 10.7 Å². The van der Waals surface area contributed by atoms with Crippen molar-refractivity contribution in [2.24, 2.45) is 5.73 Å². The highest BCUT2D eigenvalue weighted by molar-refractivity contribution is 5.94. The Labute approximate surface area is 214 Å². The Balaban J connectivity index is 1.57. The predicted octanol–water partition coefficient (Wildman–Crippen LogP) is 4.02. The molecule has 36 heavy (non-hydrogen) atoms. The summed E-state index contributed by atoms with van der Waals surface area (Å²) in [6.45, 7) is 4.05. The molecule has 194 valence electrons. The average molecular weight is 493 g/mol. The van der Waals surface area contributed by atoms with E-state index < -0.39 is 5.91 Å². The van der Waals surface area contributed by atoms with Gasteiger partial charge in [-0.2, -0.15) is 0 Å². The van der Waals surface area contributed by atoms with Crippen LogP contribution in [0, 0.1) is 0 Å². The lowest BCUT2D eigenvalue weighted by atomic mass is 9.93. The van der Waals surface area contributed by atoms with Crippen molar-refractivity contribution in [2.45, 2.75) is 63.8 Å². The van der Waals surface area contributed by atoms with Gasteiger partial charge in [0.25, 0.3) is 0 Å². The summed E-state index contributed by atoms with van der Waals surface area (Å²) < 4.78 is 0. The van der Waals surface area contributed by atoms with Crippen molar-refractivity contribution in [1.29, 1.82) is 0 Å². The van der Waals surface area contributed by atoms with Crippen molar-refractivity contribution < 1.29 is 9.59 Å². The average Bonchev–Trinajstić information content (AvgIpc) is 3.17. The Bertz CT molecular complexity index is 1050. The van der Waals surface area contributed by atoms with Crippen molar-refractivity contribution in [3.8, 4) is 11.1 Å². The normalized spacial score (nSPS) is 19.1. The quantitative estimate of drug-likeness (QED) is 0.598. The van der Waals surface area contributed by atoms with Gasteiger partial charge in [0.15, 0.2) is 0 Å². The lowest BCUT2D eigenvalue weighted by Gasteiger charge is -2.37. The number of nitrogens with two attached hydrogens (primary N) is 1. The molecule has 8 heteroatoms. The van der Waals surface area contributed by atoms with Gasteiger partial charge in [0, 0.05) is 44.4 Å². The summed E-state index contributed by atoms with van der Waals surface area (Å²) in [4.78, 5) is 41.2. The Morgan fingerprint density at radius 2 is 1.81 bits per heavy atom. The maximum atomic E-state index is 13.5. The third-order valence-electron chi connectivity index (χ3n) is 7.37. The first-order valence-corrected chi connectivity index (χ1v) is 13.4. The largest absolute Gasteiger partial charge is 0.366 e. The minimum atomic E-state index is -0.469. The van der Waals surface area contributed by atoms with E-state index in [0.29, 0.717) is 17.9 Å². The molecule has 0 aliphatic carbocycles. The number of piperidine rings is 1. The van der Waals surface area contributed by atoms with E-state index in [-0.39, 0.29) is 11.9 Å². The number of primary amides is 1. The monoisotopic (exact) mass is 492 g/mol. The molecule has 2 fully saturated rings. The second-order valence-corrected chi connectivity index (χ2v) is 10.3. The number of nitrogens with zero attached hydrogens (tertiary/aromatic N) is 5. The molecular formula is C28H40N6O2. The highest BCUT2D eigenvalue weighted by Gasteiger charge is 2.31. The number of anilines is 1. The third kappa shape index (κ3) is 6.40. The molecule has 0 spiro atoms. The van der Waals surface area contributed by atoms with Crippen molar-refractivity contribution >= 4 is 17.8 Å². The number of hydrogen-bond acceptors (Lipinski definition) is 6. The van der Waals surface area contributed by atoms with E-state index in [1.165, 1.54) is 25.7 Å². The Hall–Kier alpha value is -3.00. The molecule has 1 aromatic carbocycles. The maximum Gasteiger partial charge on any atom is 0.248 e. The SMILES string of the molecule is CN(C)c1ncc(-c2cccc(C(N)=O)c2)c([C@@H]2CCCCN2C(=O)CCCN2CCCCCC2)n1. The highest BCUT2D eigenvalue weighted by atomic mass is 16.2. The van der Waals surface area contributed by atoms with Gasteiger partial charge in [-0.25, -0.2) is 9.97 Å². The zero-order chi connectivity index (χ0) is 25.5. The fourth-order valence-corrected chi connectivity index (χ4v) is 5.39. The summed E-state index contributed by atoms with van der Waals surface area (Å²) in [5.74, 6) is 0.346. The van der Waals surface area contributed by atoms with Crippen LogP contribution in [0.15, 0.2) is 30.5 Å².